The quantitative estimate of drug-likeness (QED) is 0.0954. The molecule has 5 rings (SSSR count). The molecule has 10 nitrogen and oxygen atoms in total. The number of amides is 1. The monoisotopic (exact) mass is 753 g/mol. The van der Waals surface area contributed by atoms with Crippen LogP contribution in [0.3, 0.4) is 0 Å². The Morgan fingerprint density at radius 1 is 0.636 bits per heavy atom. The Morgan fingerprint density at radius 3 is 1.53 bits per heavy atom. The summed E-state index contributed by atoms with van der Waals surface area (Å²) in [4.78, 5) is 25.5. The summed E-state index contributed by atoms with van der Waals surface area (Å²) in [5.74, 6) is -0.557. The highest BCUT2D eigenvalue weighted by Gasteiger charge is 2.48. The molecule has 0 spiro atoms. The van der Waals surface area contributed by atoms with Crippen molar-refractivity contribution in [3.05, 3.63) is 144 Å². The lowest BCUT2D eigenvalue weighted by Crippen LogP contribution is -2.61. The second kappa shape index (κ2) is 21.5. The van der Waals surface area contributed by atoms with Crippen LogP contribution in [0.2, 0.25) is 0 Å². The first-order chi connectivity index (χ1) is 26.7. The molecule has 1 aliphatic rings. The van der Waals surface area contributed by atoms with Crippen LogP contribution >= 0.6 is 0 Å². The van der Waals surface area contributed by atoms with E-state index in [9.17, 15) is 9.59 Å². The lowest BCUT2D eigenvalue weighted by atomic mass is 9.91. The van der Waals surface area contributed by atoms with E-state index in [0.29, 0.717) is 39.3 Å². The molecule has 0 bridgehead atoms. The molecule has 0 unspecified atom stereocenters. The Bertz CT molecular complexity index is 1690. The van der Waals surface area contributed by atoms with Gasteiger partial charge in [0.05, 0.1) is 46.2 Å². The predicted octanol–water partition coefficient (Wildman–Crippen LogP) is 7.96. The predicted molar refractivity (Wildman–Crippen MR) is 209 cm³/mol. The number of hydrogen-bond acceptors (Lipinski definition) is 9. The van der Waals surface area contributed by atoms with E-state index in [-0.39, 0.29) is 13.0 Å². The third-order valence-electron chi connectivity index (χ3n) is 9.14. The Hall–Kier alpha value is -4.58. The van der Waals surface area contributed by atoms with Crippen LogP contribution < -0.4 is 5.32 Å². The molecule has 1 amide bonds. The molecule has 0 radical (unpaired) electrons. The summed E-state index contributed by atoms with van der Waals surface area (Å²) in [5, 5.41) is 2.69. The standard InChI is InChI=1S/C45H55NO9/c1-45(2,3)55-44(48)46-37(43(47)49-4)26-17-27-38-40(51-29-34-20-11-6-12-21-34)42(53-31-36-24-15-8-16-25-36)41(52-30-35-22-13-7-14-23-35)39(54-38)32-50-28-33-18-9-5-10-19-33/h5-16,18-25,37-42H,17,26-32H2,1-4H3,(H,46,48)/t37-,38-,39+,40+,41+,42+/m0/s1. The van der Waals surface area contributed by atoms with Crippen molar-refractivity contribution in [2.75, 3.05) is 13.7 Å². The highest BCUT2D eigenvalue weighted by Crippen LogP contribution is 2.33. The zero-order valence-corrected chi connectivity index (χ0v) is 32.3. The van der Waals surface area contributed by atoms with Crippen LogP contribution in [0.15, 0.2) is 121 Å². The number of nitrogens with one attached hydrogen (secondary N) is 1. The molecule has 1 fully saturated rings. The van der Waals surface area contributed by atoms with E-state index >= 15 is 0 Å². The average Bonchev–Trinajstić information content (AvgIpc) is 3.19. The van der Waals surface area contributed by atoms with Crippen LogP contribution in [0.1, 0.15) is 62.3 Å². The van der Waals surface area contributed by atoms with Crippen molar-refractivity contribution >= 4 is 12.1 Å². The molecule has 10 heteroatoms. The zero-order valence-electron chi connectivity index (χ0n) is 32.3. The average molecular weight is 754 g/mol. The molecule has 4 aromatic rings. The second-order valence-electron chi connectivity index (χ2n) is 14.7. The Labute approximate surface area is 325 Å². The molecular weight excluding hydrogens is 698 g/mol. The SMILES string of the molecule is COC(=O)[C@H](CCC[C@@H]1O[C@H](COCc2ccccc2)[C@@H](OCc2ccccc2)[C@H](OCc2ccccc2)[C@@H]1OCc1ccccc1)NC(=O)OC(C)(C)C. The zero-order chi connectivity index (χ0) is 38.9. The summed E-state index contributed by atoms with van der Waals surface area (Å²) in [7, 11) is 1.30. The lowest BCUT2D eigenvalue weighted by Gasteiger charge is -2.46. The number of ether oxygens (including phenoxy) is 7. The normalized spacial score (nSPS) is 20.3. The van der Waals surface area contributed by atoms with Gasteiger partial charge in [-0.2, -0.15) is 0 Å². The van der Waals surface area contributed by atoms with Gasteiger partial charge in [0, 0.05) is 0 Å². The number of carbonyl (C=O) groups excluding carboxylic acids is 2. The van der Waals surface area contributed by atoms with Crippen molar-refractivity contribution in [2.24, 2.45) is 0 Å². The molecule has 55 heavy (non-hydrogen) atoms. The fourth-order valence-corrected chi connectivity index (χ4v) is 6.48. The molecule has 0 aliphatic carbocycles. The maximum absolute atomic E-state index is 12.8. The molecule has 1 aliphatic heterocycles. The van der Waals surface area contributed by atoms with Crippen LogP contribution in [0, 0.1) is 0 Å². The summed E-state index contributed by atoms with van der Waals surface area (Å²) in [5.41, 5.74) is 3.35. The molecule has 0 aromatic heterocycles. The first-order valence-electron chi connectivity index (χ1n) is 19.0. The molecular formula is C45H55NO9. The van der Waals surface area contributed by atoms with Gasteiger partial charge in [0.25, 0.3) is 0 Å². The Morgan fingerprint density at radius 2 is 1.07 bits per heavy atom. The van der Waals surface area contributed by atoms with Crippen molar-refractivity contribution in [1.29, 1.82) is 0 Å². The Kier molecular flexibility index (Phi) is 16.2. The first kappa shape index (κ1) is 41.6. The first-order valence-corrected chi connectivity index (χ1v) is 19.0. The van der Waals surface area contributed by atoms with Crippen molar-refractivity contribution in [2.45, 2.75) is 109 Å². The van der Waals surface area contributed by atoms with Crippen LogP contribution in [-0.2, 0) is 64.4 Å². The maximum Gasteiger partial charge on any atom is 0.408 e. The Balaban J connectivity index is 1.42. The van der Waals surface area contributed by atoms with Crippen molar-refractivity contribution in [1.82, 2.24) is 5.32 Å². The number of alkyl carbamates (subject to hydrolysis) is 1. The van der Waals surface area contributed by atoms with E-state index in [0.717, 1.165) is 22.3 Å². The van der Waals surface area contributed by atoms with Gasteiger partial charge in [-0.25, -0.2) is 9.59 Å². The number of esters is 1. The van der Waals surface area contributed by atoms with Gasteiger partial charge < -0.3 is 38.5 Å². The molecule has 0 saturated carbocycles. The van der Waals surface area contributed by atoms with Gasteiger partial charge in [0.15, 0.2) is 0 Å². The van der Waals surface area contributed by atoms with E-state index in [1.807, 2.05) is 121 Å². The fraction of sp³-hybridized carbons (Fsp3) is 0.422. The molecule has 4 aromatic carbocycles. The van der Waals surface area contributed by atoms with Gasteiger partial charge in [-0.15, -0.1) is 0 Å². The largest absolute Gasteiger partial charge is 0.467 e. The van der Waals surface area contributed by atoms with Gasteiger partial charge in [0.2, 0.25) is 0 Å². The molecule has 1 saturated heterocycles. The fourth-order valence-electron chi connectivity index (χ4n) is 6.48. The molecule has 1 heterocycles. The molecule has 1 N–H and O–H groups in total. The maximum atomic E-state index is 12.8. The highest BCUT2D eigenvalue weighted by atomic mass is 16.6. The summed E-state index contributed by atoms with van der Waals surface area (Å²) in [6, 6.07) is 39.1. The van der Waals surface area contributed by atoms with E-state index in [4.69, 9.17) is 33.2 Å². The van der Waals surface area contributed by atoms with Crippen molar-refractivity contribution < 1.29 is 42.7 Å². The smallest absolute Gasteiger partial charge is 0.408 e. The van der Waals surface area contributed by atoms with E-state index < -0.39 is 54.2 Å². The topological polar surface area (TPSA) is 111 Å². The number of rotatable bonds is 19. The number of carbonyl (C=O) groups is 2. The van der Waals surface area contributed by atoms with Crippen LogP contribution in [-0.4, -0.2) is 67.9 Å². The highest BCUT2D eigenvalue weighted by molar-refractivity contribution is 5.81. The molecule has 294 valence electrons. The minimum absolute atomic E-state index is 0.242. The van der Waals surface area contributed by atoms with Crippen LogP contribution in [0.5, 0.6) is 0 Å². The summed E-state index contributed by atoms with van der Waals surface area (Å²) in [6.45, 7) is 6.93. The lowest BCUT2D eigenvalue weighted by molar-refractivity contribution is -0.273. The molecule has 6 atom stereocenters. The van der Waals surface area contributed by atoms with Gasteiger partial charge in [-0.3, -0.25) is 0 Å². The van der Waals surface area contributed by atoms with E-state index in [1.54, 1.807) is 20.8 Å². The van der Waals surface area contributed by atoms with Crippen molar-refractivity contribution in [3.63, 3.8) is 0 Å². The third kappa shape index (κ3) is 13.9. The van der Waals surface area contributed by atoms with Crippen LogP contribution in [0.4, 0.5) is 4.79 Å². The van der Waals surface area contributed by atoms with Gasteiger partial charge in [0.1, 0.15) is 36.1 Å². The number of benzene rings is 4. The van der Waals surface area contributed by atoms with E-state index in [1.165, 1.54) is 7.11 Å². The summed E-state index contributed by atoms with van der Waals surface area (Å²) < 4.78 is 44.1. The van der Waals surface area contributed by atoms with Crippen molar-refractivity contribution in [3.8, 4) is 0 Å². The van der Waals surface area contributed by atoms with Gasteiger partial charge >= 0.3 is 12.1 Å². The summed E-state index contributed by atoms with van der Waals surface area (Å²) in [6.07, 6.45) is -2.12. The summed E-state index contributed by atoms with van der Waals surface area (Å²) >= 11 is 0. The third-order valence-corrected chi connectivity index (χ3v) is 9.14. The second-order valence-corrected chi connectivity index (χ2v) is 14.7. The number of hydrogen-bond donors (Lipinski definition) is 1. The van der Waals surface area contributed by atoms with E-state index in [2.05, 4.69) is 5.32 Å². The van der Waals surface area contributed by atoms with Crippen LogP contribution in [0.25, 0.3) is 0 Å². The van der Waals surface area contributed by atoms with Gasteiger partial charge in [-0.1, -0.05) is 121 Å². The minimum atomic E-state index is -0.913. The minimum Gasteiger partial charge on any atom is -0.467 e. The van der Waals surface area contributed by atoms with Gasteiger partial charge in [-0.05, 0) is 62.3 Å². The number of methoxy groups -OCH3 is 1.